The molecule has 288 valence electrons. The van der Waals surface area contributed by atoms with E-state index in [2.05, 4.69) is 143 Å². The molecule has 2 heterocycles. The molecule has 12 aromatic rings. The lowest BCUT2D eigenvalue weighted by atomic mass is 9.93. The van der Waals surface area contributed by atoms with Gasteiger partial charge in [-0.25, -0.2) is 0 Å². The molecule has 0 aliphatic carbocycles. The van der Waals surface area contributed by atoms with Crippen LogP contribution in [0.3, 0.4) is 0 Å². The molecule has 0 aliphatic rings. The summed E-state index contributed by atoms with van der Waals surface area (Å²) in [4.78, 5) is 0. The van der Waals surface area contributed by atoms with E-state index in [1.165, 1.54) is 70.4 Å². The average Bonchev–Trinajstić information content (AvgIpc) is 3.82. The first kappa shape index (κ1) is 38.9. The van der Waals surface area contributed by atoms with Crippen LogP contribution in [-0.2, 0) is 6.42 Å². The zero-order valence-electron chi connectivity index (χ0n) is 31.7. The Kier molecular flexibility index (Phi) is 10.9. The van der Waals surface area contributed by atoms with Crippen molar-refractivity contribution in [3.8, 4) is 0 Å². The fraction of sp³-hybridized carbons (Fsp3) is 0.0370. The van der Waals surface area contributed by atoms with Gasteiger partial charge in [-0.05, 0) is 97.7 Å². The summed E-state index contributed by atoms with van der Waals surface area (Å²) in [7, 11) is 0. The molecule has 5 heteroatoms. The quantitative estimate of drug-likeness (QED) is 0.134. The highest BCUT2D eigenvalue weighted by molar-refractivity contribution is 9.10. The first-order valence-electron chi connectivity index (χ1n) is 19.1. The van der Waals surface area contributed by atoms with Crippen LogP contribution < -0.4 is 11.9 Å². The number of fused-ring (bicyclic) bond motifs is 12. The minimum atomic E-state index is 0. The highest BCUT2D eigenvalue weighted by Crippen LogP contribution is 2.34. The molecule has 0 aliphatic heterocycles. The van der Waals surface area contributed by atoms with Crippen molar-refractivity contribution in [3.63, 3.8) is 0 Å². The van der Waals surface area contributed by atoms with E-state index < -0.39 is 0 Å². The van der Waals surface area contributed by atoms with Gasteiger partial charge in [0, 0.05) is 37.1 Å². The van der Waals surface area contributed by atoms with E-state index >= 15 is 0 Å². The van der Waals surface area contributed by atoms with Crippen LogP contribution >= 0.6 is 15.9 Å². The van der Waals surface area contributed by atoms with Gasteiger partial charge in [-0.2, -0.15) is 0 Å². The van der Waals surface area contributed by atoms with Gasteiger partial charge in [0.1, 0.15) is 22.3 Å². The third-order valence-corrected chi connectivity index (χ3v) is 11.3. The van der Waals surface area contributed by atoms with Gasteiger partial charge < -0.3 is 20.7 Å². The Morgan fingerprint density at radius 3 is 1.41 bits per heavy atom. The van der Waals surface area contributed by atoms with Crippen molar-refractivity contribution < 1.29 is 8.83 Å². The molecular weight excluding hydrogens is 789 g/mol. The first-order chi connectivity index (χ1) is 28.1. The van der Waals surface area contributed by atoms with Gasteiger partial charge in [0.05, 0.1) is 0 Å². The number of hydrogen-bond donors (Lipinski definition) is 2. The Morgan fingerprint density at radius 1 is 0.373 bits per heavy atom. The molecule has 10 aromatic carbocycles. The molecule has 0 atom stereocenters. The second-order valence-electron chi connectivity index (χ2n) is 14.4. The van der Waals surface area contributed by atoms with E-state index in [0.717, 1.165) is 44.3 Å². The lowest BCUT2D eigenvalue weighted by Crippen LogP contribution is -1.91. The van der Waals surface area contributed by atoms with Crippen LogP contribution in [0.4, 0.5) is 5.69 Å². The Labute approximate surface area is 351 Å². The highest BCUT2D eigenvalue weighted by Gasteiger charge is 2.11. The fourth-order valence-corrected chi connectivity index (χ4v) is 8.50. The van der Waals surface area contributed by atoms with Crippen LogP contribution in [0, 0.1) is 0 Å². The Bertz CT molecular complexity index is 3440. The summed E-state index contributed by atoms with van der Waals surface area (Å²) >= 11 is 3.43. The zero-order valence-corrected chi connectivity index (χ0v) is 33.2. The first-order valence-corrected chi connectivity index (χ1v) is 19.9. The standard InChI is InChI=1S/C27H18O.C14H11N.C12H7BrO.CH4.H3N/c1-2-8-21-19(7-1)17-20(22-9-3-4-10-23(21)22)15-18-13-14-25-24-11-5-6-12-26(24)28-27(25)16-18;15-14-9-10-5-1-2-6-11(10)12-7-3-4-8-13(12)14;13-8-5-6-10-9-3-1-2-4-11(9)14-12(10)7-8;;/h1-14,16-17H,15H2;1-9H,15H2;1-7H;1H4;1H3. The molecule has 0 bridgehead atoms. The Hall–Kier alpha value is -6.92. The maximum absolute atomic E-state index is 6.09. The van der Waals surface area contributed by atoms with Crippen molar-refractivity contribution in [3.05, 3.63) is 210 Å². The van der Waals surface area contributed by atoms with Gasteiger partial charge in [0.25, 0.3) is 0 Å². The zero-order chi connectivity index (χ0) is 38.3. The third-order valence-electron chi connectivity index (χ3n) is 10.8. The van der Waals surface area contributed by atoms with Crippen molar-refractivity contribution in [1.29, 1.82) is 0 Å². The molecule has 0 saturated carbocycles. The molecule has 0 fully saturated rings. The number of nitrogen functional groups attached to an aromatic ring is 1. The van der Waals surface area contributed by atoms with Gasteiger partial charge >= 0.3 is 0 Å². The van der Waals surface area contributed by atoms with Gasteiger partial charge in [-0.1, -0.05) is 175 Å². The molecule has 0 unspecified atom stereocenters. The number of rotatable bonds is 2. The molecule has 2 aromatic heterocycles. The van der Waals surface area contributed by atoms with E-state index in [1.54, 1.807) is 0 Å². The summed E-state index contributed by atoms with van der Waals surface area (Å²) in [6.45, 7) is 0. The smallest absolute Gasteiger partial charge is 0.136 e. The Morgan fingerprint density at radius 2 is 0.797 bits per heavy atom. The molecule has 0 spiro atoms. The van der Waals surface area contributed by atoms with Crippen LogP contribution in [0.1, 0.15) is 18.6 Å². The van der Waals surface area contributed by atoms with Crippen molar-refractivity contribution in [2.75, 3.05) is 5.73 Å². The average molecular weight is 832 g/mol. The predicted octanol–water partition coefficient (Wildman–Crippen LogP) is 16.2. The number of nitrogens with two attached hydrogens (primary N) is 1. The van der Waals surface area contributed by atoms with Gasteiger partial charge in [-0.15, -0.1) is 0 Å². The van der Waals surface area contributed by atoms with Gasteiger partial charge in [0.2, 0.25) is 0 Å². The molecule has 0 saturated heterocycles. The largest absolute Gasteiger partial charge is 0.456 e. The number of halogens is 1. The van der Waals surface area contributed by atoms with Crippen molar-refractivity contribution >= 4 is 109 Å². The number of hydrogen-bond acceptors (Lipinski definition) is 4. The maximum Gasteiger partial charge on any atom is 0.136 e. The third kappa shape index (κ3) is 7.38. The molecule has 59 heavy (non-hydrogen) atoms. The summed E-state index contributed by atoms with van der Waals surface area (Å²) in [5, 5.41) is 14.8. The van der Waals surface area contributed by atoms with Gasteiger partial charge in [-0.3, -0.25) is 0 Å². The van der Waals surface area contributed by atoms with Crippen LogP contribution in [-0.4, -0.2) is 0 Å². The second kappa shape index (κ2) is 16.5. The highest BCUT2D eigenvalue weighted by atomic mass is 79.9. The summed E-state index contributed by atoms with van der Waals surface area (Å²) < 4.78 is 12.8. The molecule has 0 amide bonds. The molecule has 12 rings (SSSR count). The van der Waals surface area contributed by atoms with E-state index in [-0.39, 0.29) is 13.6 Å². The van der Waals surface area contributed by atoms with Crippen molar-refractivity contribution in [2.45, 2.75) is 13.8 Å². The topological polar surface area (TPSA) is 87.3 Å². The van der Waals surface area contributed by atoms with Crippen LogP contribution in [0.25, 0.3) is 87.0 Å². The lowest BCUT2D eigenvalue weighted by molar-refractivity contribution is 0.668. The molecule has 4 nitrogen and oxygen atoms in total. The van der Waals surface area contributed by atoms with E-state index in [4.69, 9.17) is 14.6 Å². The summed E-state index contributed by atoms with van der Waals surface area (Å²) in [6, 6.07) is 67.4. The normalized spacial score (nSPS) is 11.0. The molecule has 0 radical (unpaired) electrons. The molecular formula is C54H43BrN2O2. The summed E-state index contributed by atoms with van der Waals surface area (Å²) in [5.41, 5.74) is 13.3. The number of para-hydroxylation sites is 2. The monoisotopic (exact) mass is 830 g/mol. The number of furan rings is 2. The minimum Gasteiger partial charge on any atom is -0.456 e. The van der Waals surface area contributed by atoms with Gasteiger partial charge in [0.15, 0.2) is 0 Å². The molecule has 5 N–H and O–H groups in total. The number of anilines is 1. The van der Waals surface area contributed by atoms with E-state index in [9.17, 15) is 0 Å². The fourth-order valence-electron chi connectivity index (χ4n) is 8.16. The van der Waals surface area contributed by atoms with Crippen LogP contribution in [0.15, 0.2) is 207 Å². The maximum atomic E-state index is 6.09. The number of benzene rings is 10. The van der Waals surface area contributed by atoms with Crippen molar-refractivity contribution in [1.82, 2.24) is 6.15 Å². The summed E-state index contributed by atoms with van der Waals surface area (Å²) in [6.07, 6.45) is 0.887. The van der Waals surface area contributed by atoms with Crippen LogP contribution in [0.5, 0.6) is 0 Å². The SMILES string of the molecule is Brc1ccc2c(c1)oc1ccccc12.C.N.Nc1cc2ccccc2c2ccccc12.c1ccc2c(c1)cc(Cc1ccc3c(c1)oc1ccccc13)c1ccccc12. The summed E-state index contributed by atoms with van der Waals surface area (Å²) in [5.74, 6) is 0. The van der Waals surface area contributed by atoms with E-state index in [1.807, 2.05) is 66.7 Å². The van der Waals surface area contributed by atoms with Crippen molar-refractivity contribution in [2.24, 2.45) is 0 Å². The predicted molar refractivity (Wildman–Crippen MR) is 257 cm³/mol. The second-order valence-corrected chi connectivity index (χ2v) is 15.3. The minimum absolute atomic E-state index is 0. The Balaban J connectivity index is 0.000000132. The lowest BCUT2D eigenvalue weighted by Gasteiger charge is -2.11. The van der Waals surface area contributed by atoms with E-state index in [0.29, 0.717) is 0 Å². The van der Waals surface area contributed by atoms with Crippen LogP contribution in [0.2, 0.25) is 0 Å².